The van der Waals surface area contributed by atoms with Gasteiger partial charge < -0.3 is 15.6 Å². The van der Waals surface area contributed by atoms with E-state index in [1.165, 1.54) is 0 Å². The third kappa shape index (κ3) is 1.85. The van der Waals surface area contributed by atoms with Crippen molar-refractivity contribution in [2.24, 2.45) is 5.73 Å². The molecule has 3 N–H and O–H groups in total. The molecule has 0 fully saturated rings. The van der Waals surface area contributed by atoms with Gasteiger partial charge in [0.25, 0.3) is 0 Å². The number of benzene rings is 1. The molecule has 4 nitrogen and oxygen atoms in total. The first-order chi connectivity index (χ1) is 7.76. The van der Waals surface area contributed by atoms with Crippen molar-refractivity contribution in [3.05, 3.63) is 36.0 Å². The van der Waals surface area contributed by atoms with Crippen molar-refractivity contribution in [1.82, 2.24) is 4.98 Å². The highest BCUT2D eigenvalue weighted by molar-refractivity contribution is 5.87. The third-order valence-electron chi connectivity index (χ3n) is 2.56. The lowest BCUT2D eigenvalue weighted by Crippen LogP contribution is -2.11. The molecule has 4 heteroatoms. The van der Waals surface area contributed by atoms with Gasteiger partial charge in [0.1, 0.15) is 0 Å². The molecule has 2 aromatic rings. The topological polar surface area (TPSA) is 68.4 Å². The van der Waals surface area contributed by atoms with Crippen molar-refractivity contribution in [3.8, 4) is 5.88 Å². The van der Waals surface area contributed by atoms with Gasteiger partial charge >= 0.3 is 0 Å². The molecule has 0 bridgehead atoms. The summed E-state index contributed by atoms with van der Waals surface area (Å²) in [5.74, 6) is 0.559. The second kappa shape index (κ2) is 4.47. The van der Waals surface area contributed by atoms with Crippen molar-refractivity contribution in [2.45, 2.75) is 6.10 Å². The highest BCUT2D eigenvalue weighted by atomic mass is 16.5. The van der Waals surface area contributed by atoms with E-state index in [4.69, 9.17) is 10.5 Å². The monoisotopic (exact) mass is 218 g/mol. The van der Waals surface area contributed by atoms with Crippen LogP contribution in [0.4, 0.5) is 0 Å². The molecule has 0 spiro atoms. The van der Waals surface area contributed by atoms with Crippen molar-refractivity contribution in [2.75, 3.05) is 13.7 Å². The Morgan fingerprint density at radius 2 is 2.25 bits per heavy atom. The molecule has 1 atom stereocenters. The van der Waals surface area contributed by atoms with Crippen LogP contribution in [0, 0.1) is 0 Å². The molecule has 0 aliphatic carbocycles. The van der Waals surface area contributed by atoms with Crippen LogP contribution in [0.15, 0.2) is 30.5 Å². The molecule has 1 unspecified atom stereocenters. The summed E-state index contributed by atoms with van der Waals surface area (Å²) in [6.07, 6.45) is 1.05. The van der Waals surface area contributed by atoms with Crippen molar-refractivity contribution < 1.29 is 9.84 Å². The molecule has 0 saturated carbocycles. The number of hydrogen-bond acceptors (Lipinski definition) is 4. The Morgan fingerprint density at radius 1 is 1.44 bits per heavy atom. The number of pyridine rings is 1. The first-order valence-electron chi connectivity index (χ1n) is 5.07. The highest BCUT2D eigenvalue weighted by Gasteiger charge is 2.08. The minimum Gasteiger partial charge on any atom is -0.481 e. The number of nitrogens with two attached hydrogens (primary N) is 1. The molecule has 0 saturated heterocycles. The minimum absolute atomic E-state index is 0.202. The maximum atomic E-state index is 9.67. The summed E-state index contributed by atoms with van der Waals surface area (Å²) in [5.41, 5.74) is 6.20. The van der Waals surface area contributed by atoms with Gasteiger partial charge in [-0.05, 0) is 23.1 Å². The molecule has 2 rings (SSSR count). The van der Waals surface area contributed by atoms with E-state index in [9.17, 15) is 5.11 Å². The summed E-state index contributed by atoms with van der Waals surface area (Å²) < 4.78 is 5.17. The molecule has 0 aliphatic rings. The SMILES string of the molecule is COc1nccc2ccc(C(O)CN)cc12. The highest BCUT2D eigenvalue weighted by Crippen LogP contribution is 2.25. The van der Waals surface area contributed by atoms with Crippen LogP contribution in [0.25, 0.3) is 10.8 Å². The molecule has 0 radical (unpaired) electrons. The number of aliphatic hydroxyl groups excluding tert-OH is 1. The molecule has 16 heavy (non-hydrogen) atoms. The average Bonchev–Trinajstić information content (AvgIpc) is 2.36. The van der Waals surface area contributed by atoms with Gasteiger partial charge in [-0.25, -0.2) is 4.98 Å². The summed E-state index contributed by atoms with van der Waals surface area (Å²) in [6, 6.07) is 7.54. The van der Waals surface area contributed by atoms with Gasteiger partial charge in [0.15, 0.2) is 0 Å². The first-order valence-corrected chi connectivity index (χ1v) is 5.07. The normalized spacial score (nSPS) is 12.7. The molecule has 0 aliphatic heterocycles. The van der Waals surface area contributed by atoms with Gasteiger partial charge in [-0.2, -0.15) is 0 Å². The fraction of sp³-hybridized carbons (Fsp3) is 0.250. The van der Waals surface area contributed by atoms with E-state index in [0.29, 0.717) is 5.88 Å². The van der Waals surface area contributed by atoms with E-state index >= 15 is 0 Å². The number of rotatable bonds is 3. The van der Waals surface area contributed by atoms with Crippen LogP contribution in [0.1, 0.15) is 11.7 Å². The Kier molecular flexibility index (Phi) is 3.03. The Bertz CT molecular complexity index is 499. The van der Waals surface area contributed by atoms with Crippen molar-refractivity contribution in [1.29, 1.82) is 0 Å². The lowest BCUT2D eigenvalue weighted by atomic mass is 10.0. The number of nitrogens with zero attached hydrogens (tertiary/aromatic N) is 1. The molecule has 84 valence electrons. The lowest BCUT2D eigenvalue weighted by Gasteiger charge is -2.10. The van der Waals surface area contributed by atoms with Gasteiger partial charge in [0.05, 0.1) is 13.2 Å². The van der Waals surface area contributed by atoms with Gasteiger partial charge in [-0.1, -0.05) is 12.1 Å². The van der Waals surface area contributed by atoms with Crippen LogP contribution in [-0.2, 0) is 0 Å². The maximum absolute atomic E-state index is 9.67. The number of ether oxygens (including phenoxy) is 1. The zero-order valence-electron chi connectivity index (χ0n) is 9.05. The minimum atomic E-state index is -0.644. The molecular weight excluding hydrogens is 204 g/mol. The average molecular weight is 218 g/mol. The number of methoxy groups -OCH3 is 1. The fourth-order valence-electron chi connectivity index (χ4n) is 1.67. The zero-order chi connectivity index (χ0) is 11.5. The number of hydrogen-bond donors (Lipinski definition) is 2. The van der Waals surface area contributed by atoms with Gasteiger partial charge in [-0.15, -0.1) is 0 Å². The predicted molar refractivity (Wildman–Crippen MR) is 62.3 cm³/mol. The van der Waals surface area contributed by atoms with Crippen LogP contribution >= 0.6 is 0 Å². The molecule has 1 aromatic heterocycles. The van der Waals surface area contributed by atoms with Crippen molar-refractivity contribution >= 4 is 10.8 Å². The van der Waals surface area contributed by atoms with Crippen LogP contribution in [-0.4, -0.2) is 23.7 Å². The largest absolute Gasteiger partial charge is 0.481 e. The van der Waals surface area contributed by atoms with Crippen LogP contribution in [0.3, 0.4) is 0 Å². The van der Waals surface area contributed by atoms with Crippen LogP contribution in [0.2, 0.25) is 0 Å². The van der Waals surface area contributed by atoms with E-state index in [2.05, 4.69) is 4.98 Å². The van der Waals surface area contributed by atoms with Crippen LogP contribution in [0.5, 0.6) is 5.88 Å². The zero-order valence-corrected chi connectivity index (χ0v) is 9.05. The van der Waals surface area contributed by atoms with Gasteiger partial charge in [0.2, 0.25) is 5.88 Å². The Balaban J connectivity index is 2.59. The smallest absolute Gasteiger partial charge is 0.221 e. The quantitative estimate of drug-likeness (QED) is 0.813. The second-order valence-electron chi connectivity index (χ2n) is 3.55. The van der Waals surface area contributed by atoms with Gasteiger partial charge in [0, 0.05) is 18.1 Å². The molecule has 0 amide bonds. The summed E-state index contributed by atoms with van der Waals surface area (Å²) in [6.45, 7) is 0.202. The third-order valence-corrected chi connectivity index (χ3v) is 2.56. The summed E-state index contributed by atoms with van der Waals surface area (Å²) >= 11 is 0. The fourth-order valence-corrected chi connectivity index (χ4v) is 1.67. The molecule has 1 aromatic carbocycles. The lowest BCUT2D eigenvalue weighted by molar-refractivity contribution is 0.187. The summed E-state index contributed by atoms with van der Waals surface area (Å²) in [5, 5.41) is 11.6. The van der Waals surface area contributed by atoms with Gasteiger partial charge in [-0.3, -0.25) is 0 Å². The van der Waals surface area contributed by atoms with Crippen molar-refractivity contribution in [3.63, 3.8) is 0 Å². The summed E-state index contributed by atoms with van der Waals surface area (Å²) in [4.78, 5) is 4.12. The maximum Gasteiger partial charge on any atom is 0.221 e. The van der Waals surface area contributed by atoms with E-state index in [1.807, 2.05) is 24.3 Å². The Morgan fingerprint density at radius 3 is 2.94 bits per heavy atom. The number of fused-ring (bicyclic) bond motifs is 1. The summed E-state index contributed by atoms with van der Waals surface area (Å²) in [7, 11) is 1.58. The second-order valence-corrected chi connectivity index (χ2v) is 3.55. The predicted octanol–water partition coefficient (Wildman–Crippen LogP) is 1.24. The van der Waals surface area contributed by atoms with E-state index in [-0.39, 0.29) is 6.54 Å². The number of aromatic nitrogens is 1. The first kappa shape index (κ1) is 10.9. The standard InChI is InChI=1S/C12H14N2O2/c1-16-12-10-6-9(11(15)7-13)3-2-8(10)4-5-14-12/h2-6,11,15H,7,13H2,1H3. The number of aliphatic hydroxyl groups is 1. The molecule has 1 heterocycles. The Hall–Kier alpha value is -1.65. The van der Waals surface area contributed by atoms with E-state index in [0.717, 1.165) is 16.3 Å². The Labute approximate surface area is 93.7 Å². The van der Waals surface area contributed by atoms with E-state index in [1.54, 1.807) is 13.3 Å². The molecular formula is C12H14N2O2. The van der Waals surface area contributed by atoms with E-state index < -0.39 is 6.10 Å². The van der Waals surface area contributed by atoms with Crippen LogP contribution < -0.4 is 10.5 Å².